The molecule has 0 amide bonds. The van der Waals surface area contributed by atoms with Crippen molar-refractivity contribution in [3.63, 3.8) is 0 Å². The Morgan fingerprint density at radius 2 is 1.72 bits per heavy atom. The molecule has 0 radical (unpaired) electrons. The number of hydrogen-bond acceptors (Lipinski definition) is 3. The predicted molar refractivity (Wildman–Crippen MR) is 71.3 cm³/mol. The summed E-state index contributed by atoms with van der Waals surface area (Å²) in [5, 5.41) is 10.5. The van der Waals surface area contributed by atoms with E-state index in [1.807, 2.05) is 24.3 Å². The van der Waals surface area contributed by atoms with Gasteiger partial charge in [-0.1, -0.05) is 27.7 Å². The molecule has 0 N–H and O–H groups in total. The number of rotatable bonds is 3. The lowest BCUT2D eigenvalue weighted by Crippen LogP contribution is -1.91. The molecule has 2 aromatic rings. The lowest BCUT2D eigenvalue weighted by Gasteiger charge is -2.02. The number of hydrogen-bond donors (Lipinski definition) is 0. The number of nitro groups is 1. The van der Waals surface area contributed by atoms with Crippen molar-refractivity contribution in [1.29, 1.82) is 0 Å². The Kier molecular flexibility index (Phi) is 3.98. The van der Waals surface area contributed by atoms with Crippen LogP contribution in [0, 0.1) is 15.9 Å². The van der Waals surface area contributed by atoms with Crippen LogP contribution in [0.5, 0.6) is 0 Å². The maximum atomic E-state index is 13.4. The summed E-state index contributed by atoms with van der Waals surface area (Å²) in [6, 6.07) is 11.4. The van der Waals surface area contributed by atoms with Gasteiger partial charge in [0.25, 0.3) is 0 Å². The molecule has 0 bridgehead atoms. The maximum absolute atomic E-state index is 13.4. The van der Waals surface area contributed by atoms with Crippen LogP contribution >= 0.6 is 27.7 Å². The monoisotopic (exact) mass is 327 g/mol. The van der Waals surface area contributed by atoms with Gasteiger partial charge in [-0.05, 0) is 36.4 Å². The first kappa shape index (κ1) is 13.0. The predicted octanol–water partition coefficient (Wildman–Crippen LogP) is 4.65. The average molecular weight is 328 g/mol. The molecule has 92 valence electrons. The van der Waals surface area contributed by atoms with Gasteiger partial charge in [0.05, 0.1) is 4.92 Å². The molecule has 0 saturated heterocycles. The second-order valence-electron chi connectivity index (χ2n) is 3.43. The lowest BCUT2D eigenvalue weighted by atomic mass is 10.3. The molecular formula is C12H7BrFNO2S. The van der Waals surface area contributed by atoms with E-state index in [0.717, 1.165) is 9.37 Å². The van der Waals surface area contributed by atoms with Crippen LogP contribution in [-0.4, -0.2) is 4.92 Å². The summed E-state index contributed by atoms with van der Waals surface area (Å²) >= 11 is 4.67. The van der Waals surface area contributed by atoms with Crippen molar-refractivity contribution in [2.75, 3.05) is 0 Å². The van der Waals surface area contributed by atoms with E-state index in [1.165, 1.54) is 30.0 Å². The van der Waals surface area contributed by atoms with Crippen molar-refractivity contribution < 1.29 is 9.31 Å². The van der Waals surface area contributed by atoms with Crippen LogP contribution in [0.4, 0.5) is 10.1 Å². The van der Waals surface area contributed by atoms with Gasteiger partial charge in [-0.2, -0.15) is 4.39 Å². The molecule has 0 heterocycles. The molecule has 0 aliphatic heterocycles. The highest BCUT2D eigenvalue weighted by atomic mass is 79.9. The molecular weight excluding hydrogens is 321 g/mol. The van der Waals surface area contributed by atoms with Gasteiger partial charge < -0.3 is 0 Å². The van der Waals surface area contributed by atoms with E-state index in [-0.39, 0.29) is 0 Å². The van der Waals surface area contributed by atoms with E-state index in [9.17, 15) is 14.5 Å². The van der Waals surface area contributed by atoms with E-state index in [2.05, 4.69) is 15.9 Å². The van der Waals surface area contributed by atoms with Gasteiger partial charge >= 0.3 is 5.69 Å². The van der Waals surface area contributed by atoms with Crippen molar-refractivity contribution in [3.05, 3.63) is 62.9 Å². The highest BCUT2D eigenvalue weighted by Crippen LogP contribution is 2.31. The Morgan fingerprint density at radius 1 is 1.11 bits per heavy atom. The van der Waals surface area contributed by atoms with Crippen LogP contribution < -0.4 is 0 Å². The molecule has 0 aliphatic carbocycles. The fourth-order valence-electron chi connectivity index (χ4n) is 1.34. The highest BCUT2D eigenvalue weighted by Gasteiger charge is 2.13. The Bertz CT molecular complexity index is 589. The van der Waals surface area contributed by atoms with Crippen LogP contribution in [0.15, 0.2) is 56.7 Å². The van der Waals surface area contributed by atoms with Gasteiger partial charge in [0.15, 0.2) is 0 Å². The number of nitro benzene ring substituents is 1. The van der Waals surface area contributed by atoms with Gasteiger partial charge in [-0.15, -0.1) is 0 Å². The molecule has 0 spiro atoms. The summed E-state index contributed by atoms with van der Waals surface area (Å²) in [6.45, 7) is 0. The van der Waals surface area contributed by atoms with Crippen molar-refractivity contribution in [1.82, 2.24) is 0 Å². The summed E-state index contributed by atoms with van der Waals surface area (Å²) in [7, 11) is 0. The minimum atomic E-state index is -0.817. The van der Waals surface area contributed by atoms with Crippen molar-refractivity contribution in [2.24, 2.45) is 0 Å². The minimum Gasteiger partial charge on any atom is -0.258 e. The van der Waals surface area contributed by atoms with Gasteiger partial charge in [0, 0.05) is 20.3 Å². The zero-order chi connectivity index (χ0) is 13.1. The first-order chi connectivity index (χ1) is 8.56. The van der Waals surface area contributed by atoms with E-state index >= 15 is 0 Å². The molecule has 0 atom stereocenters. The standard InChI is InChI=1S/C12H7BrFNO2S/c13-8-1-3-9(4-2-8)18-10-5-6-12(15(16)17)11(14)7-10/h1-7H. The SMILES string of the molecule is O=[N+]([O-])c1ccc(Sc2ccc(Br)cc2)cc1F. The fourth-order valence-corrected chi connectivity index (χ4v) is 2.45. The molecule has 0 saturated carbocycles. The van der Waals surface area contributed by atoms with Gasteiger partial charge in [-0.3, -0.25) is 10.1 Å². The van der Waals surface area contributed by atoms with E-state index in [0.29, 0.717) is 4.90 Å². The third-order valence-electron chi connectivity index (χ3n) is 2.17. The normalized spacial score (nSPS) is 10.3. The Labute approximate surface area is 115 Å². The molecule has 0 unspecified atom stereocenters. The molecule has 6 heteroatoms. The summed E-state index contributed by atoms with van der Waals surface area (Å²) < 4.78 is 14.4. The zero-order valence-electron chi connectivity index (χ0n) is 8.97. The van der Waals surface area contributed by atoms with Crippen LogP contribution in [0.25, 0.3) is 0 Å². The first-order valence-corrected chi connectivity index (χ1v) is 6.54. The summed E-state index contributed by atoms with van der Waals surface area (Å²) in [5.74, 6) is -0.817. The van der Waals surface area contributed by atoms with Gasteiger partial charge in [0.1, 0.15) is 0 Å². The fraction of sp³-hybridized carbons (Fsp3) is 0. The largest absolute Gasteiger partial charge is 0.304 e. The molecule has 0 aromatic heterocycles. The Morgan fingerprint density at radius 3 is 2.28 bits per heavy atom. The van der Waals surface area contributed by atoms with E-state index in [1.54, 1.807) is 0 Å². The number of nitrogens with zero attached hydrogens (tertiary/aromatic N) is 1. The molecule has 0 fully saturated rings. The van der Waals surface area contributed by atoms with E-state index < -0.39 is 16.4 Å². The van der Waals surface area contributed by atoms with Crippen LogP contribution in [0.1, 0.15) is 0 Å². The van der Waals surface area contributed by atoms with Crippen LogP contribution in [-0.2, 0) is 0 Å². The minimum absolute atomic E-state index is 0.504. The number of halogens is 2. The summed E-state index contributed by atoms with van der Waals surface area (Å²) in [6.07, 6.45) is 0. The average Bonchev–Trinajstić information content (AvgIpc) is 2.32. The molecule has 18 heavy (non-hydrogen) atoms. The molecule has 0 aliphatic rings. The van der Waals surface area contributed by atoms with E-state index in [4.69, 9.17) is 0 Å². The maximum Gasteiger partial charge on any atom is 0.304 e. The van der Waals surface area contributed by atoms with Gasteiger partial charge in [-0.25, -0.2) is 0 Å². The van der Waals surface area contributed by atoms with Gasteiger partial charge in [0.2, 0.25) is 5.82 Å². The van der Waals surface area contributed by atoms with Crippen LogP contribution in [0.2, 0.25) is 0 Å². The van der Waals surface area contributed by atoms with Crippen LogP contribution in [0.3, 0.4) is 0 Å². The highest BCUT2D eigenvalue weighted by molar-refractivity contribution is 9.10. The molecule has 3 nitrogen and oxygen atoms in total. The molecule has 2 aromatic carbocycles. The van der Waals surface area contributed by atoms with Crippen molar-refractivity contribution >= 4 is 33.4 Å². The smallest absolute Gasteiger partial charge is 0.258 e. The topological polar surface area (TPSA) is 43.1 Å². The Hall–Kier alpha value is -1.40. The summed E-state index contributed by atoms with van der Waals surface area (Å²) in [5.41, 5.74) is -0.504. The third kappa shape index (κ3) is 3.08. The second kappa shape index (κ2) is 5.49. The lowest BCUT2D eigenvalue weighted by molar-refractivity contribution is -0.387. The second-order valence-corrected chi connectivity index (χ2v) is 5.49. The number of benzene rings is 2. The Balaban J connectivity index is 2.22. The molecule has 2 rings (SSSR count). The zero-order valence-corrected chi connectivity index (χ0v) is 11.4. The third-order valence-corrected chi connectivity index (χ3v) is 3.69. The summed E-state index contributed by atoms with van der Waals surface area (Å²) in [4.78, 5) is 11.3. The first-order valence-electron chi connectivity index (χ1n) is 4.93. The van der Waals surface area contributed by atoms with Crippen molar-refractivity contribution in [3.8, 4) is 0 Å². The van der Waals surface area contributed by atoms with Crippen molar-refractivity contribution in [2.45, 2.75) is 9.79 Å². The quantitative estimate of drug-likeness (QED) is 0.608.